The Hall–Kier alpha value is -0.720. The number of hydrogen-bond donors (Lipinski definition) is 1. The summed E-state index contributed by atoms with van der Waals surface area (Å²) in [4.78, 5) is 3.13. The Bertz CT molecular complexity index is 195. The van der Waals surface area contributed by atoms with E-state index in [1.54, 1.807) is 0 Å². The molecule has 0 amide bonds. The number of aromatic amines is 1. The van der Waals surface area contributed by atoms with E-state index in [0.717, 1.165) is 5.92 Å². The van der Waals surface area contributed by atoms with Crippen LogP contribution in [-0.2, 0) is 0 Å². The van der Waals surface area contributed by atoms with Crippen molar-refractivity contribution >= 4 is 0 Å². The van der Waals surface area contributed by atoms with E-state index in [4.69, 9.17) is 0 Å². The second-order valence-electron chi connectivity index (χ2n) is 3.48. The van der Waals surface area contributed by atoms with E-state index in [2.05, 4.69) is 17.2 Å². The lowest BCUT2D eigenvalue weighted by Crippen LogP contribution is -2.02. The Labute approximate surface area is 67.8 Å². The molecule has 0 bridgehead atoms. The number of hydrogen-bond acceptors (Lipinski definition) is 0. The first kappa shape index (κ1) is 6.96. The van der Waals surface area contributed by atoms with Gasteiger partial charge in [-0.1, -0.05) is 19.3 Å². The van der Waals surface area contributed by atoms with Gasteiger partial charge in [0.15, 0.2) is 0 Å². The fourth-order valence-electron chi connectivity index (χ4n) is 2.03. The van der Waals surface area contributed by atoms with E-state index in [1.807, 2.05) is 6.20 Å². The van der Waals surface area contributed by atoms with Crippen molar-refractivity contribution < 1.29 is 0 Å². The van der Waals surface area contributed by atoms with Crippen LogP contribution in [0.2, 0.25) is 0 Å². The van der Waals surface area contributed by atoms with E-state index in [0.29, 0.717) is 0 Å². The summed E-state index contributed by atoms with van der Waals surface area (Å²) in [7, 11) is 0. The molecule has 60 valence electrons. The smallest absolute Gasteiger partial charge is 0.00401 e. The molecule has 1 saturated carbocycles. The lowest BCUT2D eigenvalue weighted by molar-refractivity contribution is 0.444. The standard InChI is InChI=1S/C10H15N/c1-2-4-9(5-3-1)10-6-7-11-8-10/h6-9,11H,1-5H2. The SMILES string of the molecule is c1cc(C2CCCCC2)c[nH]1. The third-order valence-corrected chi connectivity index (χ3v) is 2.70. The van der Waals surface area contributed by atoms with Crippen molar-refractivity contribution in [2.45, 2.75) is 38.0 Å². The third-order valence-electron chi connectivity index (χ3n) is 2.70. The number of nitrogens with one attached hydrogen (secondary N) is 1. The number of H-pyrrole nitrogens is 1. The van der Waals surface area contributed by atoms with Gasteiger partial charge in [-0.3, -0.25) is 0 Å². The summed E-state index contributed by atoms with van der Waals surface area (Å²) >= 11 is 0. The number of rotatable bonds is 1. The normalized spacial score (nSPS) is 20.4. The Balaban J connectivity index is 2.04. The van der Waals surface area contributed by atoms with Gasteiger partial charge in [-0.05, 0) is 30.4 Å². The van der Waals surface area contributed by atoms with Gasteiger partial charge in [-0.25, -0.2) is 0 Å². The largest absolute Gasteiger partial charge is 0.367 e. The Morgan fingerprint density at radius 1 is 1.18 bits per heavy atom. The average Bonchev–Trinajstić information content (AvgIpc) is 2.58. The van der Waals surface area contributed by atoms with Crippen LogP contribution in [0.5, 0.6) is 0 Å². The zero-order valence-electron chi connectivity index (χ0n) is 6.84. The fraction of sp³-hybridized carbons (Fsp3) is 0.600. The molecular formula is C10H15N. The molecule has 0 spiro atoms. The van der Waals surface area contributed by atoms with E-state index in [1.165, 1.54) is 37.7 Å². The minimum atomic E-state index is 0.856. The van der Waals surface area contributed by atoms with Crippen molar-refractivity contribution in [3.05, 3.63) is 24.0 Å². The summed E-state index contributed by atoms with van der Waals surface area (Å²) in [5.74, 6) is 0.856. The van der Waals surface area contributed by atoms with Crippen LogP contribution < -0.4 is 0 Å². The van der Waals surface area contributed by atoms with Gasteiger partial charge in [0.05, 0.1) is 0 Å². The highest BCUT2D eigenvalue weighted by Crippen LogP contribution is 2.31. The van der Waals surface area contributed by atoms with Crippen LogP contribution in [0.15, 0.2) is 18.5 Å². The van der Waals surface area contributed by atoms with E-state index >= 15 is 0 Å². The van der Waals surface area contributed by atoms with Crippen molar-refractivity contribution in [1.29, 1.82) is 0 Å². The third kappa shape index (κ3) is 1.47. The van der Waals surface area contributed by atoms with Gasteiger partial charge in [-0.2, -0.15) is 0 Å². The Kier molecular flexibility index (Phi) is 1.97. The summed E-state index contributed by atoms with van der Waals surface area (Å²) in [6, 6.07) is 2.22. The van der Waals surface area contributed by atoms with Crippen LogP contribution >= 0.6 is 0 Å². The van der Waals surface area contributed by atoms with E-state index in [9.17, 15) is 0 Å². The van der Waals surface area contributed by atoms with Gasteiger partial charge in [0.2, 0.25) is 0 Å². The minimum absolute atomic E-state index is 0.856. The van der Waals surface area contributed by atoms with Crippen LogP contribution in [0, 0.1) is 0 Å². The zero-order valence-corrected chi connectivity index (χ0v) is 6.84. The predicted molar refractivity (Wildman–Crippen MR) is 46.6 cm³/mol. The lowest BCUT2D eigenvalue weighted by Gasteiger charge is -2.20. The molecule has 0 saturated heterocycles. The summed E-state index contributed by atoms with van der Waals surface area (Å²) in [6.45, 7) is 0. The highest BCUT2D eigenvalue weighted by Gasteiger charge is 2.14. The maximum Gasteiger partial charge on any atom is 0.00401 e. The van der Waals surface area contributed by atoms with Gasteiger partial charge in [0, 0.05) is 12.4 Å². The highest BCUT2D eigenvalue weighted by atomic mass is 14.6. The highest BCUT2D eigenvalue weighted by molar-refractivity contribution is 5.14. The van der Waals surface area contributed by atoms with E-state index in [-0.39, 0.29) is 0 Å². The molecule has 11 heavy (non-hydrogen) atoms. The Morgan fingerprint density at radius 3 is 2.64 bits per heavy atom. The fourth-order valence-corrected chi connectivity index (χ4v) is 2.03. The molecule has 0 aliphatic heterocycles. The van der Waals surface area contributed by atoms with Crippen LogP contribution in [0.4, 0.5) is 0 Å². The average molecular weight is 149 g/mol. The summed E-state index contributed by atoms with van der Waals surface area (Å²) in [5, 5.41) is 0. The van der Waals surface area contributed by atoms with Crippen molar-refractivity contribution in [1.82, 2.24) is 4.98 Å². The first-order valence-corrected chi connectivity index (χ1v) is 4.59. The molecule has 1 N–H and O–H groups in total. The second kappa shape index (κ2) is 3.12. The van der Waals surface area contributed by atoms with Gasteiger partial charge < -0.3 is 4.98 Å². The van der Waals surface area contributed by atoms with Crippen molar-refractivity contribution in [2.24, 2.45) is 0 Å². The van der Waals surface area contributed by atoms with Gasteiger partial charge >= 0.3 is 0 Å². The molecule has 1 aromatic rings. The molecule has 0 atom stereocenters. The topological polar surface area (TPSA) is 15.8 Å². The first-order valence-electron chi connectivity index (χ1n) is 4.59. The van der Waals surface area contributed by atoms with Crippen LogP contribution in [0.1, 0.15) is 43.6 Å². The molecule has 1 heteroatoms. The van der Waals surface area contributed by atoms with Gasteiger partial charge in [0.1, 0.15) is 0 Å². The molecule has 0 unspecified atom stereocenters. The minimum Gasteiger partial charge on any atom is -0.367 e. The molecule has 1 aliphatic carbocycles. The molecule has 2 rings (SSSR count). The molecule has 1 heterocycles. The molecule has 1 fully saturated rings. The maximum atomic E-state index is 3.13. The van der Waals surface area contributed by atoms with Gasteiger partial charge in [-0.15, -0.1) is 0 Å². The molecule has 1 nitrogen and oxygen atoms in total. The summed E-state index contributed by atoms with van der Waals surface area (Å²) < 4.78 is 0. The summed E-state index contributed by atoms with van der Waals surface area (Å²) in [5.41, 5.74) is 1.52. The van der Waals surface area contributed by atoms with E-state index < -0.39 is 0 Å². The summed E-state index contributed by atoms with van der Waals surface area (Å²) in [6.07, 6.45) is 11.3. The lowest BCUT2D eigenvalue weighted by atomic mass is 9.85. The molecular weight excluding hydrogens is 134 g/mol. The Morgan fingerprint density at radius 2 is 2.00 bits per heavy atom. The molecule has 1 aliphatic rings. The molecule has 0 radical (unpaired) electrons. The first-order chi connectivity index (χ1) is 5.47. The predicted octanol–water partition coefficient (Wildman–Crippen LogP) is 3.06. The van der Waals surface area contributed by atoms with Crippen molar-refractivity contribution in [2.75, 3.05) is 0 Å². The van der Waals surface area contributed by atoms with Crippen molar-refractivity contribution in [3.8, 4) is 0 Å². The quantitative estimate of drug-likeness (QED) is 0.631. The maximum absolute atomic E-state index is 3.13. The van der Waals surface area contributed by atoms with Crippen LogP contribution in [0.3, 0.4) is 0 Å². The van der Waals surface area contributed by atoms with Crippen LogP contribution in [-0.4, -0.2) is 4.98 Å². The molecule has 0 aromatic carbocycles. The zero-order chi connectivity index (χ0) is 7.52. The second-order valence-corrected chi connectivity index (χ2v) is 3.48. The monoisotopic (exact) mass is 149 g/mol. The molecule has 1 aromatic heterocycles. The van der Waals surface area contributed by atoms with Crippen LogP contribution in [0.25, 0.3) is 0 Å². The van der Waals surface area contributed by atoms with Gasteiger partial charge in [0.25, 0.3) is 0 Å². The van der Waals surface area contributed by atoms with Crippen molar-refractivity contribution in [3.63, 3.8) is 0 Å². The number of aromatic nitrogens is 1.